The quantitative estimate of drug-likeness (QED) is 0.336. The molecule has 0 unspecified atom stereocenters. The summed E-state index contributed by atoms with van der Waals surface area (Å²) < 4.78 is 6.07. The predicted octanol–water partition coefficient (Wildman–Crippen LogP) is 4.88. The van der Waals surface area contributed by atoms with Crippen LogP contribution in [0.25, 0.3) is 22.6 Å². The van der Waals surface area contributed by atoms with E-state index in [9.17, 15) is 0 Å². The fourth-order valence-corrected chi connectivity index (χ4v) is 3.00. The zero-order valence-corrected chi connectivity index (χ0v) is 18.4. The number of guanidine groups is 2. The first-order valence-electron chi connectivity index (χ1n) is 10.3. The molecule has 1 heterocycles. The third kappa shape index (κ3) is 6.37. The molecule has 31 heavy (non-hydrogen) atoms. The number of nitrogens with zero attached hydrogens (tertiary/aromatic N) is 2. The summed E-state index contributed by atoms with van der Waals surface area (Å²) in [5.41, 5.74) is 15.5. The standard InChI is InChI=1S/C24H30N6O/c1-15(2)27-23(25)29-19-9-5-17(6-10-19)21-13-14-22(31-21)18-7-11-20(12-8-18)30-24(26)28-16(3)4/h5-16H,1-4H3,(H3,25,27,29)(H3,26,28,30). The second kappa shape index (κ2) is 9.84. The summed E-state index contributed by atoms with van der Waals surface area (Å²) in [6, 6.07) is 19.9. The summed E-state index contributed by atoms with van der Waals surface area (Å²) >= 11 is 0. The highest BCUT2D eigenvalue weighted by atomic mass is 16.3. The van der Waals surface area contributed by atoms with Crippen LogP contribution in [0.5, 0.6) is 0 Å². The highest BCUT2D eigenvalue weighted by Gasteiger charge is 2.08. The van der Waals surface area contributed by atoms with Crippen LogP contribution in [0.2, 0.25) is 0 Å². The highest BCUT2D eigenvalue weighted by molar-refractivity contribution is 5.93. The number of benzene rings is 2. The summed E-state index contributed by atoms with van der Waals surface area (Å²) in [6.07, 6.45) is 0. The molecule has 2 aromatic carbocycles. The van der Waals surface area contributed by atoms with Gasteiger partial charge in [-0.1, -0.05) is 0 Å². The average Bonchev–Trinajstić information content (AvgIpc) is 3.18. The normalized spacial score (nSPS) is 12.5. The Bertz CT molecular complexity index is 962. The van der Waals surface area contributed by atoms with Crippen molar-refractivity contribution in [1.29, 1.82) is 0 Å². The fraction of sp³-hybridized carbons (Fsp3) is 0.250. The molecule has 0 bridgehead atoms. The number of anilines is 2. The maximum absolute atomic E-state index is 6.07. The van der Waals surface area contributed by atoms with Crippen molar-refractivity contribution in [1.82, 2.24) is 0 Å². The van der Waals surface area contributed by atoms with Crippen LogP contribution in [0.1, 0.15) is 27.7 Å². The van der Waals surface area contributed by atoms with Gasteiger partial charge in [-0.2, -0.15) is 0 Å². The topological polar surface area (TPSA) is 114 Å². The third-order valence-corrected chi connectivity index (χ3v) is 4.28. The summed E-state index contributed by atoms with van der Waals surface area (Å²) in [5, 5.41) is 6.17. The van der Waals surface area contributed by atoms with Crippen LogP contribution in [-0.4, -0.2) is 24.0 Å². The minimum absolute atomic E-state index is 0.142. The van der Waals surface area contributed by atoms with Gasteiger partial charge in [-0.15, -0.1) is 0 Å². The Morgan fingerprint density at radius 3 is 1.32 bits per heavy atom. The first kappa shape index (κ1) is 22.0. The van der Waals surface area contributed by atoms with Crippen molar-refractivity contribution in [3.05, 3.63) is 60.7 Å². The molecule has 3 aromatic rings. The van der Waals surface area contributed by atoms with Gasteiger partial charge in [0.15, 0.2) is 11.9 Å². The van der Waals surface area contributed by atoms with Gasteiger partial charge >= 0.3 is 0 Å². The maximum Gasteiger partial charge on any atom is 0.193 e. The van der Waals surface area contributed by atoms with Crippen LogP contribution < -0.4 is 22.1 Å². The molecule has 0 amide bonds. The smallest absolute Gasteiger partial charge is 0.193 e. The van der Waals surface area contributed by atoms with Crippen LogP contribution in [0.15, 0.2) is 75.1 Å². The molecule has 0 fully saturated rings. The SMILES string of the molecule is CC(C)N=C(N)Nc1ccc(-c2ccc(-c3ccc(NC(N)=NC(C)C)cc3)o2)cc1. The number of hydrogen-bond donors (Lipinski definition) is 4. The average molecular weight is 419 g/mol. The third-order valence-electron chi connectivity index (χ3n) is 4.28. The second-order valence-corrected chi connectivity index (χ2v) is 7.78. The van der Waals surface area contributed by atoms with Crippen LogP contribution in [0.4, 0.5) is 11.4 Å². The monoisotopic (exact) mass is 418 g/mol. The minimum atomic E-state index is 0.142. The summed E-state index contributed by atoms with van der Waals surface area (Å²) in [5.74, 6) is 2.39. The number of furan rings is 1. The largest absolute Gasteiger partial charge is 0.456 e. The van der Waals surface area contributed by atoms with E-state index in [4.69, 9.17) is 15.9 Å². The lowest BCUT2D eigenvalue weighted by atomic mass is 10.1. The molecule has 7 heteroatoms. The zero-order valence-electron chi connectivity index (χ0n) is 18.4. The molecule has 1 aromatic heterocycles. The zero-order chi connectivity index (χ0) is 22.4. The summed E-state index contributed by atoms with van der Waals surface area (Å²) in [4.78, 5) is 8.54. The first-order valence-corrected chi connectivity index (χ1v) is 10.3. The molecular weight excluding hydrogens is 388 g/mol. The lowest BCUT2D eigenvalue weighted by Gasteiger charge is -2.08. The van der Waals surface area contributed by atoms with Crippen molar-refractivity contribution in [2.24, 2.45) is 21.5 Å². The van der Waals surface area contributed by atoms with Gasteiger partial charge in [0.05, 0.1) is 0 Å². The van der Waals surface area contributed by atoms with Gasteiger partial charge in [0.25, 0.3) is 0 Å². The highest BCUT2D eigenvalue weighted by Crippen LogP contribution is 2.29. The van der Waals surface area contributed by atoms with E-state index in [1.54, 1.807) is 0 Å². The van der Waals surface area contributed by atoms with Crippen molar-refractivity contribution in [3.8, 4) is 22.6 Å². The fourth-order valence-electron chi connectivity index (χ4n) is 3.00. The molecule has 0 atom stereocenters. The molecule has 0 aliphatic carbocycles. The molecule has 0 spiro atoms. The van der Waals surface area contributed by atoms with Gasteiger partial charge in [0.2, 0.25) is 0 Å². The van der Waals surface area contributed by atoms with Crippen LogP contribution in [-0.2, 0) is 0 Å². The number of rotatable bonds is 6. The lowest BCUT2D eigenvalue weighted by Crippen LogP contribution is -2.23. The molecule has 3 rings (SSSR count). The van der Waals surface area contributed by atoms with Gasteiger partial charge in [0, 0.05) is 34.6 Å². The van der Waals surface area contributed by atoms with Crippen molar-refractivity contribution in [2.75, 3.05) is 10.6 Å². The Kier molecular flexibility index (Phi) is 6.97. The minimum Gasteiger partial charge on any atom is -0.456 e. The van der Waals surface area contributed by atoms with E-state index in [1.165, 1.54) is 0 Å². The molecule has 0 saturated carbocycles. The van der Waals surface area contributed by atoms with Gasteiger partial charge in [-0.05, 0) is 88.4 Å². The van der Waals surface area contributed by atoms with Crippen molar-refractivity contribution in [2.45, 2.75) is 39.8 Å². The van der Waals surface area contributed by atoms with E-state index in [0.717, 1.165) is 34.0 Å². The van der Waals surface area contributed by atoms with E-state index in [-0.39, 0.29) is 12.1 Å². The molecule has 7 nitrogen and oxygen atoms in total. The number of aliphatic imine (C=N–C) groups is 2. The number of nitrogens with two attached hydrogens (primary N) is 2. The Labute approximate surface area is 183 Å². The van der Waals surface area contributed by atoms with E-state index < -0.39 is 0 Å². The number of nitrogens with one attached hydrogen (secondary N) is 2. The number of hydrogen-bond acceptors (Lipinski definition) is 3. The van der Waals surface area contributed by atoms with Gasteiger partial charge < -0.3 is 26.5 Å². The van der Waals surface area contributed by atoms with Crippen LogP contribution in [0.3, 0.4) is 0 Å². The van der Waals surface area contributed by atoms with E-state index in [1.807, 2.05) is 88.4 Å². The molecule has 6 N–H and O–H groups in total. The van der Waals surface area contributed by atoms with Crippen LogP contribution >= 0.6 is 0 Å². The Morgan fingerprint density at radius 1 is 0.645 bits per heavy atom. The van der Waals surface area contributed by atoms with Gasteiger partial charge in [-0.25, -0.2) is 0 Å². The molecule has 0 aliphatic rings. The second-order valence-electron chi connectivity index (χ2n) is 7.78. The lowest BCUT2D eigenvalue weighted by molar-refractivity contribution is 0.597. The maximum atomic E-state index is 6.07. The van der Waals surface area contributed by atoms with Crippen molar-refractivity contribution in [3.63, 3.8) is 0 Å². The van der Waals surface area contributed by atoms with E-state index in [0.29, 0.717) is 11.9 Å². The van der Waals surface area contributed by atoms with Gasteiger partial charge in [0.1, 0.15) is 11.5 Å². The predicted molar refractivity (Wildman–Crippen MR) is 130 cm³/mol. The summed E-state index contributed by atoms with van der Waals surface area (Å²) in [6.45, 7) is 7.92. The Hall–Kier alpha value is -3.74. The molecule has 0 radical (unpaired) electrons. The van der Waals surface area contributed by atoms with Crippen molar-refractivity contribution < 1.29 is 4.42 Å². The van der Waals surface area contributed by atoms with E-state index in [2.05, 4.69) is 20.6 Å². The van der Waals surface area contributed by atoms with Crippen LogP contribution in [0, 0.1) is 0 Å². The first-order chi connectivity index (χ1) is 14.8. The molecule has 0 saturated heterocycles. The van der Waals surface area contributed by atoms with Gasteiger partial charge in [-0.3, -0.25) is 9.98 Å². The molecule has 162 valence electrons. The Morgan fingerprint density at radius 2 is 1.00 bits per heavy atom. The molecular formula is C24H30N6O. The van der Waals surface area contributed by atoms with Crippen molar-refractivity contribution >= 4 is 23.3 Å². The Balaban J connectivity index is 1.68. The summed E-state index contributed by atoms with van der Waals surface area (Å²) in [7, 11) is 0. The van der Waals surface area contributed by atoms with E-state index >= 15 is 0 Å². The molecule has 0 aliphatic heterocycles.